The summed E-state index contributed by atoms with van der Waals surface area (Å²) in [5.41, 5.74) is 1.27. The molecule has 2 aromatic rings. The molecule has 0 heterocycles. The van der Waals surface area contributed by atoms with Crippen LogP contribution < -0.4 is 0 Å². The number of rotatable bonds is 2. The maximum absolute atomic E-state index is 9.61. The molecule has 88 valence electrons. The van der Waals surface area contributed by atoms with Crippen molar-refractivity contribution in [1.82, 2.24) is 0 Å². The first-order valence-electron chi connectivity index (χ1n) is 5.07. The molecule has 0 saturated carbocycles. The summed E-state index contributed by atoms with van der Waals surface area (Å²) in [6.07, 6.45) is 0.355. The van der Waals surface area contributed by atoms with Crippen LogP contribution in [0, 0.1) is 0 Å². The standard InChI is InChI=1S/C13H12O4/c14-10-2-1-9(13(17)7-10)3-8-4-11(15)6-12(16)5-8/h1-2,4-7,14-17H,3H2. The van der Waals surface area contributed by atoms with Gasteiger partial charge in [-0.05, 0) is 29.3 Å². The fraction of sp³-hybridized carbons (Fsp3) is 0.0769. The minimum Gasteiger partial charge on any atom is -0.508 e. The van der Waals surface area contributed by atoms with E-state index in [9.17, 15) is 15.3 Å². The first-order chi connectivity index (χ1) is 8.04. The number of hydrogen-bond donors (Lipinski definition) is 4. The van der Waals surface area contributed by atoms with Gasteiger partial charge in [-0.15, -0.1) is 0 Å². The van der Waals surface area contributed by atoms with Gasteiger partial charge in [-0.2, -0.15) is 0 Å². The highest BCUT2D eigenvalue weighted by Crippen LogP contribution is 2.27. The second kappa shape index (κ2) is 4.25. The Kier molecular flexibility index (Phi) is 2.78. The molecule has 4 N–H and O–H groups in total. The summed E-state index contributed by atoms with van der Waals surface area (Å²) in [6, 6.07) is 8.56. The van der Waals surface area contributed by atoms with Crippen LogP contribution in [0.1, 0.15) is 11.1 Å². The van der Waals surface area contributed by atoms with Gasteiger partial charge in [0.25, 0.3) is 0 Å². The fourth-order valence-electron chi connectivity index (χ4n) is 1.68. The summed E-state index contributed by atoms with van der Waals surface area (Å²) >= 11 is 0. The van der Waals surface area contributed by atoms with Crippen LogP contribution >= 0.6 is 0 Å². The zero-order valence-corrected chi connectivity index (χ0v) is 8.96. The molecule has 0 atom stereocenters. The molecule has 2 aromatic carbocycles. The highest BCUT2D eigenvalue weighted by molar-refractivity contribution is 5.44. The SMILES string of the molecule is Oc1cc(O)cc(Cc2ccc(O)cc2O)c1. The Morgan fingerprint density at radius 1 is 0.706 bits per heavy atom. The summed E-state index contributed by atoms with van der Waals surface area (Å²) in [5.74, 6) is -0.0885. The van der Waals surface area contributed by atoms with Crippen LogP contribution in [0.5, 0.6) is 23.0 Å². The second-order valence-corrected chi connectivity index (χ2v) is 3.85. The molecule has 0 aromatic heterocycles. The maximum atomic E-state index is 9.61. The highest BCUT2D eigenvalue weighted by atomic mass is 16.3. The van der Waals surface area contributed by atoms with Crippen LogP contribution in [0.4, 0.5) is 0 Å². The van der Waals surface area contributed by atoms with E-state index in [0.29, 0.717) is 17.5 Å². The van der Waals surface area contributed by atoms with Crippen molar-refractivity contribution < 1.29 is 20.4 Å². The lowest BCUT2D eigenvalue weighted by molar-refractivity contribution is 0.444. The van der Waals surface area contributed by atoms with Crippen molar-refractivity contribution >= 4 is 0 Å². The lowest BCUT2D eigenvalue weighted by Crippen LogP contribution is -1.88. The summed E-state index contributed by atoms with van der Waals surface area (Å²) in [7, 11) is 0. The van der Waals surface area contributed by atoms with E-state index in [4.69, 9.17) is 5.11 Å². The first kappa shape index (κ1) is 11.1. The molecule has 2 rings (SSSR count). The van der Waals surface area contributed by atoms with E-state index >= 15 is 0 Å². The van der Waals surface area contributed by atoms with Crippen molar-refractivity contribution in [3.63, 3.8) is 0 Å². The molecule has 0 radical (unpaired) electrons. The molecule has 4 heteroatoms. The zero-order chi connectivity index (χ0) is 12.4. The van der Waals surface area contributed by atoms with E-state index in [0.717, 1.165) is 0 Å². The summed E-state index contributed by atoms with van der Waals surface area (Å²) < 4.78 is 0. The number of benzene rings is 2. The first-order valence-corrected chi connectivity index (χ1v) is 5.07. The second-order valence-electron chi connectivity index (χ2n) is 3.85. The zero-order valence-electron chi connectivity index (χ0n) is 8.96. The van der Waals surface area contributed by atoms with Gasteiger partial charge in [-0.1, -0.05) is 6.07 Å². The van der Waals surface area contributed by atoms with Gasteiger partial charge in [-0.25, -0.2) is 0 Å². The molecule has 0 aliphatic heterocycles. The number of aromatic hydroxyl groups is 4. The Morgan fingerprint density at radius 3 is 1.94 bits per heavy atom. The van der Waals surface area contributed by atoms with Crippen LogP contribution in [0.3, 0.4) is 0 Å². The average molecular weight is 232 g/mol. The number of phenolic OH excluding ortho intramolecular Hbond substituents is 4. The van der Waals surface area contributed by atoms with E-state index in [2.05, 4.69) is 0 Å². The average Bonchev–Trinajstić information content (AvgIpc) is 2.21. The van der Waals surface area contributed by atoms with Gasteiger partial charge in [0.2, 0.25) is 0 Å². The molecule has 17 heavy (non-hydrogen) atoms. The van der Waals surface area contributed by atoms with Crippen molar-refractivity contribution in [1.29, 1.82) is 0 Å². The Morgan fingerprint density at radius 2 is 1.35 bits per heavy atom. The smallest absolute Gasteiger partial charge is 0.122 e. The molecule has 0 aliphatic carbocycles. The molecule has 4 nitrogen and oxygen atoms in total. The van der Waals surface area contributed by atoms with Gasteiger partial charge in [0.15, 0.2) is 0 Å². The topological polar surface area (TPSA) is 80.9 Å². The van der Waals surface area contributed by atoms with E-state index < -0.39 is 0 Å². The van der Waals surface area contributed by atoms with Crippen LogP contribution in [0.25, 0.3) is 0 Å². The van der Waals surface area contributed by atoms with Gasteiger partial charge >= 0.3 is 0 Å². The monoisotopic (exact) mass is 232 g/mol. The van der Waals surface area contributed by atoms with Crippen LogP contribution in [-0.4, -0.2) is 20.4 Å². The lowest BCUT2D eigenvalue weighted by Gasteiger charge is -2.06. The summed E-state index contributed by atoms with van der Waals surface area (Å²) in [6.45, 7) is 0. The van der Waals surface area contributed by atoms with Crippen LogP contribution in [0.2, 0.25) is 0 Å². The van der Waals surface area contributed by atoms with Crippen molar-refractivity contribution in [2.45, 2.75) is 6.42 Å². The third kappa shape index (κ3) is 2.60. The van der Waals surface area contributed by atoms with E-state index in [-0.39, 0.29) is 23.0 Å². The quantitative estimate of drug-likeness (QED) is 0.639. The normalized spacial score (nSPS) is 10.4. The number of phenols is 4. The van der Waals surface area contributed by atoms with Crippen molar-refractivity contribution in [2.75, 3.05) is 0 Å². The molecule has 0 amide bonds. The van der Waals surface area contributed by atoms with Gasteiger partial charge in [0.1, 0.15) is 23.0 Å². The Labute approximate surface area is 98.0 Å². The summed E-state index contributed by atoms with van der Waals surface area (Å²) in [4.78, 5) is 0. The highest BCUT2D eigenvalue weighted by Gasteiger charge is 2.05. The van der Waals surface area contributed by atoms with Crippen molar-refractivity contribution in [3.8, 4) is 23.0 Å². The molecule has 0 aliphatic rings. The van der Waals surface area contributed by atoms with E-state index in [1.165, 1.54) is 30.3 Å². The maximum Gasteiger partial charge on any atom is 0.122 e. The minimum atomic E-state index is -0.0294. The van der Waals surface area contributed by atoms with Gasteiger partial charge in [0.05, 0.1) is 0 Å². The van der Waals surface area contributed by atoms with Crippen molar-refractivity contribution in [2.24, 2.45) is 0 Å². The Hall–Kier alpha value is -2.36. The minimum absolute atomic E-state index is 0.00925. The van der Waals surface area contributed by atoms with E-state index in [1.54, 1.807) is 6.07 Å². The summed E-state index contributed by atoms with van der Waals surface area (Å²) in [5, 5.41) is 37.4. The van der Waals surface area contributed by atoms with Gasteiger partial charge < -0.3 is 20.4 Å². The fourth-order valence-corrected chi connectivity index (χ4v) is 1.68. The van der Waals surface area contributed by atoms with Gasteiger partial charge in [-0.3, -0.25) is 0 Å². The number of hydrogen-bond acceptors (Lipinski definition) is 4. The predicted octanol–water partition coefficient (Wildman–Crippen LogP) is 2.10. The molecule has 0 bridgehead atoms. The van der Waals surface area contributed by atoms with Crippen LogP contribution in [-0.2, 0) is 6.42 Å². The molecule has 0 fully saturated rings. The molecule has 0 spiro atoms. The molecular weight excluding hydrogens is 220 g/mol. The third-order valence-corrected chi connectivity index (χ3v) is 2.43. The third-order valence-electron chi connectivity index (χ3n) is 2.43. The molecule has 0 saturated heterocycles. The van der Waals surface area contributed by atoms with Crippen molar-refractivity contribution in [3.05, 3.63) is 47.5 Å². The lowest BCUT2D eigenvalue weighted by atomic mass is 10.0. The molecular formula is C13H12O4. The largest absolute Gasteiger partial charge is 0.508 e. The van der Waals surface area contributed by atoms with Gasteiger partial charge in [0, 0.05) is 18.6 Å². The van der Waals surface area contributed by atoms with Crippen LogP contribution in [0.15, 0.2) is 36.4 Å². The Bertz CT molecular complexity index is 529. The molecule has 0 unspecified atom stereocenters. The Balaban J connectivity index is 2.31. The van der Waals surface area contributed by atoms with E-state index in [1.807, 2.05) is 0 Å². The predicted molar refractivity (Wildman–Crippen MR) is 62.3 cm³/mol.